The summed E-state index contributed by atoms with van der Waals surface area (Å²) in [6, 6.07) is 11.2. The van der Waals surface area contributed by atoms with Crippen LogP contribution in [-0.2, 0) is 4.52 Å². The van der Waals surface area contributed by atoms with Crippen LogP contribution in [-0.4, -0.2) is 23.9 Å². The molecular weight excluding hydrogens is 205 g/mol. The molecule has 1 saturated heterocycles. The lowest BCUT2D eigenvalue weighted by Crippen LogP contribution is -2.35. The lowest BCUT2D eigenvalue weighted by molar-refractivity contribution is 0.227. The average molecular weight is 223 g/mol. The van der Waals surface area contributed by atoms with E-state index in [1.807, 2.05) is 0 Å². The van der Waals surface area contributed by atoms with E-state index < -0.39 is 8.30 Å². The third-order valence-corrected chi connectivity index (χ3v) is 4.85. The van der Waals surface area contributed by atoms with Gasteiger partial charge in [0.15, 0.2) is 0 Å². The predicted octanol–water partition coefficient (Wildman–Crippen LogP) is 2.75. The summed E-state index contributed by atoms with van der Waals surface area (Å²) in [4.78, 5) is 0. The molecule has 1 fully saturated rings. The first kappa shape index (κ1) is 11.1. The average Bonchev–Trinajstić information content (AvgIpc) is 2.30. The van der Waals surface area contributed by atoms with E-state index in [-0.39, 0.29) is 0 Å². The molecule has 2 nitrogen and oxygen atoms in total. The second-order valence-electron chi connectivity index (χ2n) is 4.05. The van der Waals surface area contributed by atoms with Crippen LogP contribution in [0.1, 0.15) is 20.3 Å². The number of hydrogen-bond acceptors (Lipinski definition) is 2. The van der Waals surface area contributed by atoms with Crippen molar-refractivity contribution in [2.75, 3.05) is 13.2 Å². The van der Waals surface area contributed by atoms with E-state index in [9.17, 15) is 0 Å². The van der Waals surface area contributed by atoms with Gasteiger partial charge < -0.3 is 4.52 Å². The van der Waals surface area contributed by atoms with E-state index in [1.165, 1.54) is 5.30 Å². The normalized spacial score (nSPS) is 23.3. The zero-order valence-electron chi connectivity index (χ0n) is 9.39. The predicted molar refractivity (Wildman–Crippen MR) is 65.4 cm³/mol. The van der Waals surface area contributed by atoms with Gasteiger partial charge in [0.25, 0.3) is 0 Å². The standard InChI is InChI=1S/C12H18NOP/c1-11(2)13-9-6-10-14-15(13)12-7-4-3-5-8-12/h3-5,7-8,11H,6,9-10H2,1-2H3. The van der Waals surface area contributed by atoms with Crippen molar-refractivity contribution >= 4 is 13.6 Å². The molecule has 0 N–H and O–H groups in total. The second kappa shape index (κ2) is 5.07. The van der Waals surface area contributed by atoms with Crippen LogP contribution in [0.2, 0.25) is 0 Å². The summed E-state index contributed by atoms with van der Waals surface area (Å²) >= 11 is 0. The van der Waals surface area contributed by atoms with Crippen LogP contribution in [0.5, 0.6) is 0 Å². The summed E-state index contributed by atoms with van der Waals surface area (Å²) in [6.07, 6.45) is 1.16. The molecule has 1 aliphatic rings. The van der Waals surface area contributed by atoms with E-state index in [1.54, 1.807) is 0 Å². The van der Waals surface area contributed by atoms with E-state index in [0.717, 1.165) is 19.6 Å². The molecule has 2 rings (SSSR count). The van der Waals surface area contributed by atoms with Crippen LogP contribution in [0.3, 0.4) is 0 Å². The fraction of sp³-hybridized carbons (Fsp3) is 0.500. The highest BCUT2D eigenvalue weighted by atomic mass is 31.2. The highest BCUT2D eigenvalue weighted by Crippen LogP contribution is 2.44. The number of benzene rings is 1. The molecule has 1 heterocycles. The van der Waals surface area contributed by atoms with Gasteiger partial charge in [-0.05, 0) is 20.3 Å². The summed E-state index contributed by atoms with van der Waals surface area (Å²) in [5, 5.41) is 1.33. The molecular formula is C12H18NOP. The SMILES string of the molecule is CC(C)N1CCCOP1c1ccccc1. The number of hydrogen-bond donors (Lipinski definition) is 0. The Kier molecular flexibility index (Phi) is 3.74. The molecule has 1 unspecified atom stereocenters. The molecule has 0 amide bonds. The van der Waals surface area contributed by atoms with Gasteiger partial charge in [-0.3, -0.25) is 4.67 Å². The molecule has 1 aliphatic heterocycles. The summed E-state index contributed by atoms with van der Waals surface area (Å²) in [5.74, 6) is 0. The Morgan fingerprint density at radius 2 is 2.00 bits per heavy atom. The van der Waals surface area contributed by atoms with Gasteiger partial charge in [0.05, 0.1) is 6.61 Å². The van der Waals surface area contributed by atoms with Gasteiger partial charge >= 0.3 is 0 Å². The van der Waals surface area contributed by atoms with Crippen LogP contribution < -0.4 is 5.30 Å². The molecule has 0 spiro atoms. The van der Waals surface area contributed by atoms with Crippen LogP contribution in [0.4, 0.5) is 0 Å². The van der Waals surface area contributed by atoms with Crippen LogP contribution >= 0.6 is 8.30 Å². The maximum Gasteiger partial charge on any atom is 0.137 e. The molecule has 0 saturated carbocycles. The molecule has 82 valence electrons. The molecule has 1 aromatic rings. The van der Waals surface area contributed by atoms with Crippen molar-refractivity contribution in [2.45, 2.75) is 26.3 Å². The first-order valence-electron chi connectivity index (χ1n) is 5.53. The molecule has 1 aromatic carbocycles. The Morgan fingerprint density at radius 3 is 2.67 bits per heavy atom. The Balaban J connectivity index is 2.18. The summed E-state index contributed by atoms with van der Waals surface area (Å²) in [5.41, 5.74) is 0. The maximum atomic E-state index is 5.93. The fourth-order valence-corrected chi connectivity index (χ4v) is 3.85. The topological polar surface area (TPSA) is 12.5 Å². The Hall–Kier alpha value is -0.430. The van der Waals surface area contributed by atoms with Crippen molar-refractivity contribution in [3.05, 3.63) is 30.3 Å². The number of rotatable bonds is 2. The van der Waals surface area contributed by atoms with Gasteiger partial charge in [-0.25, -0.2) is 0 Å². The fourth-order valence-electron chi connectivity index (χ4n) is 1.79. The van der Waals surface area contributed by atoms with E-state index >= 15 is 0 Å². The van der Waals surface area contributed by atoms with Crippen molar-refractivity contribution in [1.82, 2.24) is 4.67 Å². The largest absolute Gasteiger partial charge is 0.340 e. The second-order valence-corrected chi connectivity index (χ2v) is 5.89. The van der Waals surface area contributed by atoms with Crippen molar-refractivity contribution in [2.24, 2.45) is 0 Å². The molecule has 0 aromatic heterocycles. The monoisotopic (exact) mass is 223 g/mol. The quantitative estimate of drug-likeness (QED) is 0.715. The van der Waals surface area contributed by atoms with Crippen molar-refractivity contribution in [3.63, 3.8) is 0 Å². The maximum absolute atomic E-state index is 5.93. The zero-order chi connectivity index (χ0) is 10.7. The minimum absolute atomic E-state index is 0.536. The Morgan fingerprint density at radius 1 is 1.27 bits per heavy atom. The lowest BCUT2D eigenvalue weighted by atomic mass is 10.3. The summed E-state index contributed by atoms with van der Waals surface area (Å²) in [6.45, 7) is 6.56. The van der Waals surface area contributed by atoms with Crippen molar-refractivity contribution in [3.8, 4) is 0 Å². The van der Waals surface area contributed by atoms with E-state index in [2.05, 4.69) is 48.8 Å². The van der Waals surface area contributed by atoms with Crippen LogP contribution in [0.15, 0.2) is 30.3 Å². The van der Waals surface area contributed by atoms with Crippen LogP contribution in [0, 0.1) is 0 Å². The highest BCUT2D eigenvalue weighted by molar-refractivity contribution is 7.58. The molecule has 15 heavy (non-hydrogen) atoms. The lowest BCUT2D eigenvalue weighted by Gasteiger charge is -2.37. The molecule has 1 atom stereocenters. The number of nitrogens with zero attached hydrogens (tertiary/aromatic N) is 1. The molecule has 0 aliphatic carbocycles. The minimum atomic E-state index is -0.536. The van der Waals surface area contributed by atoms with Gasteiger partial charge in [0.1, 0.15) is 8.30 Å². The van der Waals surface area contributed by atoms with Gasteiger partial charge in [-0.15, -0.1) is 0 Å². The Bertz CT molecular complexity index is 302. The smallest absolute Gasteiger partial charge is 0.137 e. The molecule has 0 radical (unpaired) electrons. The zero-order valence-corrected chi connectivity index (χ0v) is 10.3. The Labute approximate surface area is 93.1 Å². The van der Waals surface area contributed by atoms with Crippen LogP contribution in [0.25, 0.3) is 0 Å². The van der Waals surface area contributed by atoms with Crippen molar-refractivity contribution < 1.29 is 4.52 Å². The van der Waals surface area contributed by atoms with Crippen molar-refractivity contribution in [1.29, 1.82) is 0 Å². The van der Waals surface area contributed by atoms with E-state index in [4.69, 9.17) is 4.52 Å². The highest BCUT2D eigenvalue weighted by Gasteiger charge is 2.26. The van der Waals surface area contributed by atoms with E-state index in [0.29, 0.717) is 6.04 Å². The molecule has 0 bridgehead atoms. The van der Waals surface area contributed by atoms with Gasteiger partial charge in [-0.1, -0.05) is 30.3 Å². The third kappa shape index (κ3) is 2.57. The summed E-state index contributed by atoms with van der Waals surface area (Å²) < 4.78 is 8.41. The van der Waals surface area contributed by atoms with Gasteiger partial charge in [-0.2, -0.15) is 0 Å². The molecule has 3 heteroatoms. The van der Waals surface area contributed by atoms with Gasteiger partial charge in [0, 0.05) is 17.9 Å². The first-order chi connectivity index (χ1) is 7.29. The van der Waals surface area contributed by atoms with Gasteiger partial charge in [0.2, 0.25) is 0 Å². The third-order valence-electron chi connectivity index (χ3n) is 2.55. The first-order valence-corrected chi connectivity index (χ1v) is 6.75. The summed E-state index contributed by atoms with van der Waals surface area (Å²) in [7, 11) is -0.536. The minimum Gasteiger partial charge on any atom is -0.340 e.